The molecule has 1 aliphatic heterocycles. The summed E-state index contributed by atoms with van der Waals surface area (Å²) in [6, 6.07) is 5.37. The minimum absolute atomic E-state index is 0.104. The van der Waals surface area contributed by atoms with Crippen LogP contribution in [0.2, 0.25) is 0 Å². The number of oxazole rings is 1. The average Bonchev–Trinajstić information content (AvgIpc) is 2.86. The zero-order valence-corrected chi connectivity index (χ0v) is 12.3. The molecule has 2 amide bonds. The van der Waals surface area contributed by atoms with Crippen LogP contribution in [-0.2, 0) is 4.74 Å². The molecule has 6 heteroatoms. The molecule has 1 atom stereocenters. The molecule has 0 radical (unpaired) electrons. The van der Waals surface area contributed by atoms with Gasteiger partial charge in [-0.25, -0.2) is 9.78 Å². The van der Waals surface area contributed by atoms with Crippen molar-refractivity contribution in [3.05, 3.63) is 24.1 Å². The Bertz CT molecular complexity index is 653. The summed E-state index contributed by atoms with van der Waals surface area (Å²) in [5.74, 6) is 0.618. The molecule has 1 N–H and O–H groups in total. The summed E-state index contributed by atoms with van der Waals surface area (Å²) in [5.41, 5.74) is 2.19. The molecule has 0 saturated carbocycles. The minimum atomic E-state index is -0.104. The van der Waals surface area contributed by atoms with Crippen LogP contribution in [0.25, 0.3) is 11.1 Å². The Labute approximate surface area is 123 Å². The quantitative estimate of drug-likeness (QED) is 0.923. The third kappa shape index (κ3) is 3.00. The Kier molecular flexibility index (Phi) is 3.79. The molecule has 0 spiro atoms. The van der Waals surface area contributed by atoms with E-state index < -0.39 is 0 Å². The van der Waals surface area contributed by atoms with E-state index in [2.05, 4.69) is 10.3 Å². The van der Waals surface area contributed by atoms with Gasteiger partial charge in [-0.1, -0.05) is 0 Å². The van der Waals surface area contributed by atoms with Crippen LogP contribution >= 0.6 is 0 Å². The number of ether oxygens (including phenoxy) is 1. The van der Waals surface area contributed by atoms with E-state index in [-0.39, 0.29) is 12.1 Å². The number of carbonyl (C=O) groups is 1. The summed E-state index contributed by atoms with van der Waals surface area (Å²) in [7, 11) is 1.69. The Balaban J connectivity index is 1.70. The number of likely N-dealkylation sites (tertiary alicyclic amines) is 1. The highest BCUT2D eigenvalue weighted by atomic mass is 16.5. The van der Waals surface area contributed by atoms with Gasteiger partial charge >= 0.3 is 6.03 Å². The largest absolute Gasteiger partial charge is 0.441 e. The fourth-order valence-corrected chi connectivity index (χ4v) is 2.64. The molecule has 2 heterocycles. The Morgan fingerprint density at radius 2 is 2.38 bits per heavy atom. The van der Waals surface area contributed by atoms with Crippen LogP contribution in [0.15, 0.2) is 22.6 Å². The highest BCUT2D eigenvalue weighted by Gasteiger charge is 2.23. The number of aromatic nitrogens is 1. The van der Waals surface area contributed by atoms with Crippen LogP contribution in [0.1, 0.15) is 18.7 Å². The molecule has 1 aromatic heterocycles. The number of amides is 2. The van der Waals surface area contributed by atoms with Crippen molar-refractivity contribution in [3.63, 3.8) is 0 Å². The predicted molar refractivity (Wildman–Crippen MR) is 79.4 cm³/mol. The van der Waals surface area contributed by atoms with Crippen molar-refractivity contribution in [1.82, 2.24) is 9.88 Å². The second-order valence-corrected chi connectivity index (χ2v) is 5.29. The van der Waals surface area contributed by atoms with E-state index in [0.717, 1.165) is 24.9 Å². The lowest BCUT2D eigenvalue weighted by Crippen LogP contribution is -2.44. The van der Waals surface area contributed by atoms with E-state index in [1.807, 2.05) is 12.1 Å². The Morgan fingerprint density at radius 1 is 1.52 bits per heavy atom. The zero-order chi connectivity index (χ0) is 14.8. The van der Waals surface area contributed by atoms with Crippen LogP contribution in [0.3, 0.4) is 0 Å². The number of anilines is 1. The molecule has 2 aromatic rings. The van der Waals surface area contributed by atoms with Gasteiger partial charge in [-0.3, -0.25) is 0 Å². The SMILES string of the molecule is COC1CCCN(C(=O)Nc2ccc3nc(C)oc3c2)C1. The number of methoxy groups -OCH3 is 1. The van der Waals surface area contributed by atoms with E-state index in [1.165, 1.54) is 0 Å². The van der Waals surface area contributed by atoms with Crippen LogP contribution in [0.4, 0.5) is 10.5 Å². The first-order valence-corrected chi connectivity index (χ1v) is 7.11. The standard InChI is InChI=1S/C15H19N3O3/c1-10-16-13-6-5-11(8-14(13)21-10)17-15(19)18-7-3-4-12(9-18)20-2/h5-6,8,12H,3-4,7,9H2,1-2H3,(H,17,19). The third-order valence-corrected chi connectivity index (χ3v) is 3.75. The molecule has 1 aromatic carbocycles. The number of carbonyl (C=O) groups excluding carboxylic acids is 1. The molecule has 3 rings (SSSR count). The lowest BCUT2D eigenvalue weighted by Gasteiger charge is -2.31. The number of hydrogen-bond donors (Lipinski definition) is 1. The summed E-state index contributed by atoms with van der Waals surface area (Å²) in [6.45, 7) is 3.19. The van der Waals surface area contributed by atoms with Gasteiger partial charge in [0.2, 0.25) is 0 Å². The molecule has 1 aliphatic rings. The van der Waals surface area contributed by atoms with Crippen molar-refractivity contribution in [3.8, 4) is 0 Å². The first kappa shape index (κ1) is 13.9. The van der Waals surface area contributed by atoms with E-state index in [1.54, 1.807) is 25.0 Å². The van der Waals surface area contributed by atoms with Gasteiger partial charge in [0.15, 0.2) is 11.5 Å². The molecule has 1 unspecified atom stereocenters. The number of nitrogens with zero attached hydrogens (tertiary/aromatic N) is 2. The molecule has 1 saturated heterocycles. The number of piperidine rings is 1. The number of aryl methyl sites for hydroxylation is 1. The van der Waals surface area contributed by atoms with Crippen LogP contribution in [-0.4, -0.2) is 42.2 Å². The number of hydrogen-bond acceptors (Lipinski definition) is 4. The van der Waals surface area contributed by atoms with E-state index in [9.17, 15) is 4.79 Å². The van der Waals surface area contributed by atoms with Crippen LogP contribution in [0.5, 0.6) is 0 Å². The highest BCUT2D eigenvalue weighted by Crippen LogP contribution is 2.21. The first-order valence-electron chi connectivity index (χ1n) is 7.11. The third-order valence-electron chi connectivity index (χ3n) is 3.75. The fraction of sp³-hybridized carbons (Fsp3) is 0.467. The summed E-state index contributed by atoms with van der Waals surface area (Å²) in [4.78, 5) is 18.3. The summed E-state index contributed by atoms with van der Waals surface area (Å²) in [6.07, 6.45) is 2.10. The molecule has 112 valence electrons. The van der Waals surface area contributed by atoms with Gasteiger partial charge in [0.1, 0.15) is 5.52 Å². The molecular formula is C15H19N3O3. The Hall–Kier alpha value is -2.08. The minimum Gasteiger partial charge on any atom is -0.441 e. The summed E-state index contributed by atoms with van der Waals surface area (Å²) >= 11 is 0. The van der Waals surface area contributed by atoms with Gasteiger partial charge in [0.25, 0.3) is 0 Å². The van der Waals surface area contributed by atoms with Crippen molar-refractivity contribution in [1.29, 1.82) is 0 Å². The molecule has 6 nitrogen and oxygen atoms in total. The van der Waals surface area contributed by atoms with Crippen molar-refractivity contribution in [2.45, 2.75) is 25.9 Å². The fourth-order valence-electron chi connectivity index (χ4n) is 2.64. The monoisotopic (exact) mass is 289 g/mol. The predicted octanol–water partition coefficient (Wildman–Crippen LogP) is 2.78. The molecular weight excluding hydrogens is 270 g/mol. The number of benzene rings is 1. The van der Waals surface area contributed by atoms with Gasteiger partial charge < -0.3 is 19.4 Å². The zero-order valence-electron chi connectivity index (χ0n) is 12.3. The average molecular weight is 289 g/mol. The van der Waals surface area contributed by atoms with E-state index >= 15 is 0 Å². The second kappa shape index (κ2) is 5.73. The van der Waals surface area contributed by atoms with E-state index in [0.29, 0.717) is 23.7 Å². The van der Waals surface area contributed by atoms with Gasteiger partial charge in [-0.2, -0.15) is 0 Å². The second-order valence-electron chi connectivity index (χ2n) is 5.29. The normalized spacial score (nSPS) is 19.0. The van der Waals surface area contributed by atoms with Crippen molar-refractivity contribution < 1.29 is 13.9 Å². The first-order chi connectivity index (χ1) is 10.2. The molecule has 1 fully saturated rings. The highest BCUT2D eigenvalue weighted by molar-refractivity contribution is 5.91. The summed E-state index contributed by atoms with van der Waals surface area (Å²) < 4.78 is 10.8. The smallest absolute Gasteiger partial charge is 0.321 e. The number of rotatable bonds is 2. The maximum Gasteiger partial charge on any atom is 0.321 e. The topological polar surface area (TPSA) is 67.6 Å². The van der Waals surface area contributed by atoms with Crippen molar-refractivity contribution in [2.24, 2.45) is 0 Å². The lowest BCUT2D eigenvalue weighted by molar-refractivity contribution is 0.0458. The maximum atomic E-state index is 12.3. The summed E-state index contributed by atoms with van der Waals surface area (Å²) in [5, 5.41) is 2.90. The molecule has 21 heavy (non-hydrogen) atoms. The van der Waals surface area contributed by atoms with Gasteiger partial charge in [0, 0.05) is 38.9 Å². The van der Waals surface area contributed by atoms with Gasteiger partial charge in [-0.05, 0) is 25.0 Å². The maximum absolute atomic E-state index is 12.3. The lowest BCUT2D eigenvalue weighted by atomic mass is 10.1. The molecule has 0 bridgehead atoms. The molecule has 0 aliphatic carbocycles. The number of nitrogens with one attached hydrogen (secondary N) is 1. The van der Waals surface area contributed by atoms with Crippen molar-refractivity contribution >= 4 is 22.8 Å². The number of urea groups is 1. The van der Waals surface area contributed by atoms with Gasteiger partial charge in [0.05, 0.1) is 6.10 Å². The van der Waals surface area contributed by atoms with Gasteiger partial charge in [-0.15, -0.1) is 0 Å². The van der Waals surface area contributed by atoms with Crippen LogP contribution < -0.4 is 5.32 Å². The van der Waals surface area contributed by atoms with Crippen molar-refractivity contribution in [2.75, 3.05) is 25.5 Å². The number of fused-ring (bicyclic) bond motifs is 1. The Morgan fingerprint density at radius 3 is 3.19 bits per heavy atom. The van der Waals surface area contributed by atoms with E-state index in [4.69, 9.17) is 9.15 Å². The van der Waals surface area contributed by atoms with Crippen LogP contribution in [0, 0.1) is 6.92 Å².